The van der Waals surface area contributed by atoms with Crippen LogP contribution in [-0.2, 0) is 0 Å². The minimum absolute atomic E-state index is 0.0960. The normalized spacial score (nSPS) is 23.7. The zero-order valence-electron chi connectivity index (χ0n) is 9.58. The van der Waals surface area contributed by atoms with Crippen LogP contribution in [0.5, 0.6) is 5.75 Å². The molecule has 0 saturated heterocycles. The van der Waals surface area contributed by atoms with E-state index in [1.54, 1.807) is 6.07 Å². The molecule has 2 N–H and O–H groups in total. The first-order valence-electron chi connectivity index (χ1n) is 5.92. The Bertz CT molecular complexity index is 367. The van der Waals surface area contributed by atoms with Crippen LogP contribution in [0.15, 0.2) is 18.2 Å². The van der Waals surface area contributed by atoms with Crippen molar-refractivity contribution < 1.29 is 9.13 Å². The average molecular weight is 223 g/mol. The zero-order valence-corrected chi connectivity index (χ0v) is 9.58. The molecule has 0 aromatic heterocycles. The van der Waals surface area contributed by atoms with Crippen molar-refractivity contribution in [3.8, 4) is 5.75 Å². The lowest BCUT2D eigenvalue weighted by Crippen LogP contribution is -2.29. The SMILES string of the molecule is CCCCC1C[C@@H](N)c2cc(F)ccc2O1. The van der Waals surface area contributed by atoms with Crippen molar-refractivity contribution in [1.82, 2.24) is 0 Å². The van der Waals surface area contributed by atoms with E-state index in [2.05, 4.69) is 6.92 Å². The lowest BCUT2D eigenvalue weighted by molar-refractivity contribution is 0.147. The quantitative estimate of drug-likeness (QED) is 0.854. The fourth-order valence-corrected chi connectivity index (χ4v) is 2.16. The summed E-state index contributed by atoms with van der Waals surface area (Å²) in [6, 6.07) is 4.49. The van der Waals surface area contributed by atoms with Crippen molar-refractivity contribution in [2.24, 2.45) is 5.73 Å². The number of benzene rings is 1. The topological polar surface area (TPSA) is 35.2 Å². The number of fused-ring (bicyclic) bond motifs is 1. The average Bonchev–Trinajstić information content (AvgIpc) is 2.27. The molecule has 0 radical (unpaired) electrons. The number of halogens is 1. The van der Waals surface area contributed by atoms with E-state index >= 15 is 0 Å². The second-order valence-electron chi connectivity index (χ2n) is 4.41. The Balaban J connectivity index is 2.13. The van der Waals surface area contributed by atoms with Gasteiger partial charge in [-0.2, -0.15) is 0 Å². The lowest BCUT2D eigenvalue weighted by atomic mass is 9.95. The van der Waals surface area contributed by atoms with E-state index in [1.807, 2.05) is 0 Å². The maximum atomic E-state index is 13.1. The molecule has 1 aromatic rings. The van der Waals surface area contributed by atoms with Crippen molar-refractivity contribution >= 4 is 0 Å². The first-order valence-corrected chi connectivity index (χ1v) is 5.92. The molecule has 2 atom stereocenters. The van der Waals surface area contributed by atoms with Gasteiger partial charge in [-0.15, -0.1) is 0 Å². The number of nitrogens with two attached hydrogens (primary N) is 1. The van der Waals surface area contributed by atoms with Crippen LogP contribution in [0.4, 0.5) is 4.39 Å². The van der Waals surface area contributed by atoms with Gasteiger partial charge >= 0.3 is 0 Å². The molecule has 2 rings (SSSR count). The first kappa shape index (κ1) is 11.4. The summed E-state index contributed by atoms with van der Waals surface area (Å²) in [7, 11) is 0. The standard InChI is InChI=1S/C13H18FNO/c1-2-3-4-10-8-12(15)11-7-9(14)5-6-13(11)16-10/h5-7,10,12H,2-4,8,15H2,1H3/t10?,12-/m1/s1. The van der Waals surface area contributed by atoms with Crippen LogP contribution in [0.3, 0.4) is 0 Å². The molecule has 0 aliphatic carbocycles. The second kappa shape index (κ2) is 4.83. The lowest BCUT2D eigenvalue weighted by Gasteiger charge is -2.30. The molecular formula is C13H18FNO. The monoisotopic (exact) mass is 223 g/mol. The van der Waals surface area contributed by atoms with Crippen LogP contribution >= 0.6 is 0 Å². The summed E-state index contributed by atoms with van der Waals surface area (Å²) in [6.07, 6.45) is 4.31. The highest BCUT2D eigenvalue weighted by Gasteiger charge is 2.25. The van der Waals surface area contributed by atoms with E-state index in [-0.39, 0.29) is 18.0 Å². The van der Waals surface area contributed by atoms with E-state index < -0.39 is 0 Å². The minimum atomic E-state index is -0.246. The molecule has 1 aliphatic heterocycles. The zero-order chi connectivity index (χ0) is 11.5. The Morgan fingerprint density at radius 3 is 3.06 bits per heavy atom. The van der Waals surface area contributed by atoms with Crippen LogP contribution in [0.2, 0.25) is 0 Å². The summed E-state index contributed by atoms with van der Waals surface area (Å²) in [4.78, 5) is 0. The molecule has 0 bridgehead atoms. The maximum Gasteiger partial charge on any atom is 0.124 e. The molecule has 88 valence electrons. The van der Waals surface area contributed by atoms with Crippen LogP contribution in [0, 0.1) is 5.82 Å². The largest absolute Gasteiger partial charge is 0.490 e. The Morgan fingerprint density at radius 1 is 1.50 bits per heavy atom. The van der Waals surface area contributed by atoms with E-state index in [4.69, 9.17) is 10.5 Å². The second-order valence-corrected chi connectivity index (χ2v) is 4.41. The molecular weight excluding hydrogens is 205 g/mol. The fourth-order valence-electron chi connectivity index (χ4n) is 2.16. The highest BCUT2D eigenvalue weighted by atomic mass is 19.1. The summed E-state index contributed by atoms with van der Waals surface area (Å²) >= 11 is 0. The molecule has 2 nitrogen and oxygen atoms in total. The van der Waals surface area contributed by atoms with Crippen LogP contribution in [0.1, 0.15) is 44.2 Å². The van der Waals surface area contributed by atoms with Crippen LogP contribution < -0.4 is 10.5 Å². The third-order valence-corrected chi connectivity index (χ3v) is 3.06. The van der Waals surface area contributed by atoms with Gasteiger partial charge in [0.2, 0.25) is 0 Å². The van der Waals surface area contributed by atoms with Gasteiger partial charge in [0.15, 0.2) is 0 Å². The molecule has 16 heavy (non-hydrogen) atoms. The van der Waals surface area contributed by atoms with Crippen molar-refractivity contribution in [2.45, 2.75) is 44.8 Å². The molecule has 0 saturated carbocycles. The van der Waals surface area contributed by atoms with Crippen LogP contribution in [0.25, 0.3) is 0 Å². The molecule has 1 aromatic carbocycles. The molecule has 1 unspecified atom stereocenters. The summed E-state index contributed by atoms with van der Waals surface area (Å²) in [6.45, 7) is 2.16. The molecule has 1 aliphatic rings. The van der Waals surface area contributed by atoms with Gasteiger partial charge in [0.05, 0.1) is 0 Å². The number of ether oxygens (including phenoxy) is 1. The van der Waals surface area contributed by atoms with E-state index in [0.717, 1.165) is 37.0 Å². The van der Waals surface area contributed by atoms with Crippen molar-refractivity contribution in [2.75, 3.05) is 0 Å². The van der Waals surface area contributed by atoms with Gasteiger partial charge in [-0.3, -0.25) is 0 Å². The van der Waals surface area contributed by atoms with E-state index in [9.17, 15) is 4.39 Å². The number of unbranched alkanes of at least 4 members (excludes halogenated alkanes) is 1. The number of hydrogen-bond acceptors (Lipinski definition) is 2. The van der Waals surface area contributed by atoms with Gasteiger partial charge in [-0.25, -0.2) is 4.39 Å². The molecule has 0 spiro atoms. The Morgan fingerprint density at radius 2 is 2.31 bits per heavy atom. The van der Waals surface area contributed by atoms with Crippen LogP contribution in [-0.4, -0.2) is 6.10 Å². The Labute approximate surface area is 95.6 Å². The Kier molecular flexibility index (Phi) is 3.44. The van der Waals surface area contributed by atoms with Crippen molar-refractivity contribution in [1.29, 1.82) is 0 Å². The number of rotatable bonds is 3. The highest BCUT2D eigenvalue weighted by Crippen LogP contribution is 2.35. The predicted octanol–water partition coefficient (Wildman–Crippen LogP) is 3.17. The van der Waals surface area contributed by atoms with Crippen molar-refractivity contribution in [3.63, 3.8) is 0 Å². The predicted molar refractivity (Wildman–Crippen MR) is 61.9 cm³/mol. The Hall–Kier alpha value is -1.09. The smallest absolute Gasteiger partial charge is 0.124 e. The van der Waals surface area contributed by atoms with E-state index in [1.165, 1.54) is 12.1 Å². The maximum absolute atomic E-state index is 13.1. The summed E-state index contributed by atoms with van der Waals surface area (Å²) in [5.74, 6) is 0.506. The number of hydrogen-bond donors (Lipinski definition) is 1. The van der Waals surface area contributed by atoms with Gasteiger partial charge in [-0.1, -0.05) is 19.8 Å². The first-order chi connectivity index (χ1) is 7.70. The van der Waals surface area contributed by atoms with Gasteiger partial charge in [0.25, 0.3) is 0 Å². The summed E-state index contributed by atoms with van der Waals surface area (Å²) in [5, 5.41) is 0. The summed E-state index contributed by atoms with van der Waals surface area (Å²) < 4.78 is 18.9. The van der Waals surface area contributed by atoms with Gasteiger partial charge in [0.1, 0.15) is 17.7 Å². The molecule has 0 amide bonds. The van der Waals surface area contributed by atoms with Gasteiger partial charge in [-0.05, 0) is 24.6 Å². The molecule has 3 heteroatoms. The molecule has 1 heterocycles. The minimum Gasteiger partial charge on any atom is -0.490 e. The van der Waals surface area contributed by atoms with Crippen molar-refractivity contribution in [3.05, 3.63) is 29.6 Å². The summed E-state index contributed by atoms with van der Waals surface area (Å²) in [5.41, 5.74) is 6.83. The molecule has 0 fully saturated rings. The van der Waals surface area contributed by atoms with E-state index in [0.29, 0.717) is 0 Å². The van der Waals surface area contributed by atoms with Gasteiger partial charge in [0, 0.05) is 18.0 Å². The van der Waals surface area contributed by atoms with Gasteiger partial charge < -0.3 is 10.5 Å². The third kappa shape index (κ3) is 2.35. The highest BCUT2D eigenvalue weighted by molar-refractivity contribution is 5.38. The third-order valence-electron chi connectivity index (χ3n) is 3.06. The fraction of sp³-hybridized carbons (Fsp3) is 0.538.